The molecule has 0 fully saturated rings. The molecule has 3 aromatic rings. The summed E-state index contributed by atoms with van der Waals surface area (Å²) in [6.45, 7) is 0.270. The molecule has 8 heteroatoms. The zero-order valence-electron chi connectivity index (χ0n) is 13.3. The van der Waals surface area contributed by atoms with Crippen LogP contribution in [0.5, 0.6) is 0 Å². The molecule has 0 atom stereocenters. The van der Waals surface area contributed by atoms with Gasteiger partial charge in [-0.3, -0.25) is 14.6 Å². The van der Waals surface area contributed by atoms with Crippen molar-refractivity contribution < 1.29 is 14.0 Å². The van der Waals surface area contributed by atoms with Gasteiger partial charge in [0.25, 0.3) is 11.8 Å². The number of benzene rings is 2. The minimum absolute atomic E-state index is 0.111. The molecule has 0 saturated heterocycles. The van der Waals surface area contributed by atoms with Crippen LogP contribution in [0.3, 0.4) is 0 Å². The third-order valence-electron chi connectivity index (χ3n) is 3.82. The lowest BCUT2D eigenvalue weighted by atomic mass is 10.1. The Morgan fingerprint density at radius 2 is 2.08 bits per heavy atom. The van der Waals surface area contributed by atoms with Crippen molar-refractivity contribution in [3.8, 4) is 0 Å². The summed E-state index contributed by atoms with van der Waals surface area (Å²) < 4.78 is 14.5. The number of fused-ring (bicyclic) bond motifs is 2. The van der Waals surface area contributed by atoms with Crippen LogP contribution in [-0.2, 0) is 6.54 Å². The molecule has 0 saturated carbocycles. The summed E-state index contributed by atoms with van der Waals surface area (Å²) >= 11 is 2.69. The Balaban J connectivity index is 1.63. The standard InChI is InChI=1S/C18H12FN3O2S2/c19-13-6-16-14(22-18(24)11-3-1-2-4-15(11)26-16)5-12(13)17(23)21-8-10-7-20-9-25-10/h1-7,9H,8H2,(H,21,23)(H,22,24). The van der Waals surface area contributed by atoms with Gasteiger partial charge in [-0.2, -0.15) is 0 Å². The predicted octanol–water partition coefficient (Wildman–Crippen LogP) is 3.93. The van der Waals surface area contributed by atoms with Gasteiger partial charge < -0.3 is 10.6 Å². The first-order valence-electron chi connectivity index (χ1n) is 7.69. The summed E-state index contributed by atoms with van der Waals surface area (Å²) in [7, 11) is 0. The van der Waals surface area contributed by atoms with E-state index in [-0.39, 0.29) is 18.0 Å². The summed E-state index contributed by atoms with van der Waals surface area (Å²) in [5.74, 6) is -1.46. The van der Waals surface area contributed by atoms with E-state index in [9.17, 15) is 14.0 Å². The number of anilines is 1. The van der Waals surface area contributed by atoms with Gasteiger partial charge in [0.05, 0.1) is 28.9 Å². The Bertz CT molecular complexity index is 1010. The van der Waals surface area contributed by atoms with Crippen molar-refractivity contribution in [3.63, 3.8) is 0 Å². The maximum atomic E-state index is 14.5. The molecule has 1 aliphatic heterocycles. The molecule has 0 radical (unpaired) electrons. The fourth-order valence-corrected chi connectivity index (χ4v) is 4.13. The molecule has 4 rings (SSSR count). The monoisotopic (exact) mass is 385 g/mol. The van der Waals surface area contributed by atoms with Crippen LogP contribution < -0.4 is 10.6 Å². The second kappa shape index (κ2) is 6.89. The minimum Gasteiger partial charge on any atom is -0.347 e. The van der Waals surface area contributed by atoms with E-state index >= 15 is 0 Å². The van der Waals surface area contributed by atoms with Gasteiger partial charge in [0.15, 0.2) is 0 Å². The minimum atomic E-state index is -0.633. The Labute approximate surface area is 156 Å². The summed E-state index contributed by atoms with van der Waals surface area (Å²) in [6, 6.07) is 9.77. The van der Waals surface area contributed by atoms with Gasteiger partial charge in [-0.25, -0.2) is 4.39 Å². The molecule has 0 bridgehead atoms. The zero-order chi connectivity index (χ0) is 18.1. The molecular weight excluding hydrogens is 373 g/mol. The molecule has 0 spiro atoms. The second-order valence-corrected chi connectivity index (χ2v) is 7.59. The van der Waals surface area contributed by atoms with Gasteiger partial charge >= 0.3 is 0 Å². The number of thiazole rings is 1. The molecule has 0 aliphatic carbocycles. The van der Waals surface area contributed by atoms with Crippen LogP contribution >= 0.6 is 23.1 Å². The first-order chi connectivity index (χ1) is 12.6. The molecule has 1 aromatic heterocycles. The Morgan fingerprint density at radius 1 is 1.23 bits per heavy atom. The number of carbonyl (C=O) groups excluding carboxylic acids is 2. The number of aromatic nitrogens is 1. The molecule has 2 aromatic carbocycles. The van der Waals surface area contributed by atoms with E-state index in [1.54, 1.807) is 23.8 Å². The van der Waals surface area contributed by atoms with Gasteiger partial charge in [-0.15, -0.1) is 11.3 Å². The molecular formula is C18H12FN3O2S2. The lowest BCUT2D eigenvalue weighted by Crippen LogP contribution is -2.24. The molecule has 5 nitrogen and oxygen atoms in total. The SMILES string of the molecule is O=C(NCc1cncs1)c1cc2c(cc1F)Sc1ccccc1C(=O)N2. The van der Waals surface area contributed by atoms with E-state index in [4.69, 9.17) is 0 Å². The van der Waals surface area contributed by atoms with Crippen LogP contribution in [0.25, 0.3) is 0 Å². The van der Waals surface area contributed by atoms with Crippen molar-refractivity contribution in [1.29, 1.82) is 0 Å². The third-order valence-corrected chi connectivity index (χ3v) is 5.73. The summed E-state index contributed by atoms with van der Waals surface area (Å²) in [6.07, 6.45) is 1.65. The highest BCUT2D eigenvalue weighted by molar-refractivity contribution is 7.99. The van der Waals surface area contributed by atoms with Gasteiger partial charge in [0, 0.05) is 20.9 Å². The van der Waals surface area contributed by atoms with Crippen molar-refractivity contribution in [3.05, 3.63) is 69.9 Å². The van der Waals surface area contributed by atoms with E-state index in [1.165, 1.54) is 35.2 Å². The summed E-state index contributed by atoms with van der Waals surface area (Å²) in [5.41, 5.74) is 2.49. The maximum absolute atomic E-state index is 14.5. The van der Waals surface area contributed by atoms with E-state index in [0.717, 1.165) is 9.77 Å². The lowest BCUT2D eigenvalue weighted by Gasteiger charge is -2.10. The first kappa shape index (κ1) is 16.7. The maximum Gasteiger partial charge on any atom is 0.256 e. The fraction of sp³-hybridized carbons (Fsp3) is 0.0556. The summed E-state index contributed by atoms with van der Waals surface area (Å²) in [4.78, 5) is 30.8. The van der Waals surface area contributed by atoms with Crippen LogP contribution in [0.4, 0.5) is 10.1 Å². The highest BCUT2D eigenvalue weighted by Gasteiger charge is 2.23. The smallest absolute Gasteiger partial charge is 0.256 e. The average Bonchev–Trinajstić information content (AvgIpc) is 3.11. The second-order valence-electron chi connectivity index (χ2n) is 5.53. The molecule has 1 aliphatic rings. The van der Waals surface area contributed by atoms with E-state index in [0.29, 0.717) is 16.1 Å². The Kier molecular flexibility index (Phi) is 4.44. The topological polar surface area (TPSA) is 71.1 Å². The highest BCUT2D eigenvalue weighted by atomic mass is 32.2. The van der Waals surface area contributed by atoms with Crippen LogP contribution in [0.15, 0.2) is 57.9 Å². The molecule has 2 N–H and O–H groups in total. The van der Waals surface area contributed by atoms with Crippen molar-refractivity contribution in [2.75, 3.05) is 5.32 Å². The van der Waals surface area contributed by atoms with Crippen LogP contribution in [-0.4, -0.2) is 16.8 Å². The number of nitrogens with zero attached hydrogens (tertiary/aromatic N) is 1. The van der Waals surface area contributed by atoms with E-state index in [1.807, 2.05) is 12.1 Å². The zero-order valence-corrected chi connectivity index (χ0v) is 14.9. The van der Waals surface area contributed by atoms with Gasteiger partial charge in [0.2, 0.25) is 0 Å². The van der Waals surface area contributed by atoms with Gasteiger partial charge in [-0.05, 0) is 24.3 Å². The fourth-order valence-electron chi connectivity index (χ4n) is 2.55. The molecule has 2 amide bonds. The van der Waals surface area contributed by atoms with Crippen molar-refractivity contribution >= 4 is 40.6 Å². The van der Waals surface area contributed by atoms with Crippen LogP contribution in [0.1, 0.15) is 25.6 Å². The predicted molar refractivity (Wildman–Crippen MR) is 98.2 cm³/mol. The third kappa shape index (κ3) is 3.21. The number of hydrogen-bond acceptors (Lipinski definition) is 5. The van der Waals surface area contributed by atoms with Crippen LogP contribution in [0, 0.1) is 5.82 Å². The Hall–Kier alpha value is -2.71. The molecule has 2 heterocycles. The van der Waals surface area contributed by atoms with E-state index < -0.39 is 11.7 Å². The molecule has 130 valence electrons. The Morgan fingerprint density at radius 3 is 2.88 bits per heavy atom. The van der Waals surface area contributed by atoms with Gasteiger partial charge in [0.1, 0.15) is 5.82 Å². The molecule has 0 unspecified atom stereocenters. The number of carbonyl (C=O) groups is 2. The van der Waals surface area contributed by atoms with Gasteiger partial charge in [-0.1, -0.05) is 23.9 Å². The summed E-state index contributed by atoms with van der Waals surface area (Å²) in [5, 5.41) is 5.42. The number of halogens is 1. The van der Waals surface area contributed by atoms with Crippen molar-refractivity contribution in [1.82, 2.24) is 10.3 Å². The first-order valence-corrected chi connectivity index (χ1v) is 9.39. The number of nitrogens with one attached hydrogen (secondary N) is 2. The number of hydrogen-bond donors (Lipinski definition) is 2. The average molecular weight is 385 g/mol. The van der Waals surface area contributed by atoms with Crippen molar-refractivity contribution in [2.45, 2.75) is 16.3 Å². The normalized spacial score (nSPS) is 12.6. The highest BCUT2D eigenvalue weighted by Crippen LogP contribution is 2.39. The number of amides is 2. The number of rotatable bonds is 3. The van der Waals surface area contributed by atoms with Crippen LogP contribution in [0.2, 0.25) is 0 Å². The largest absolute Gasteiger partial charge is 0.347 e. The lowest BCUT2D eigenvalue weighted by molar-refractivity contribution is 0.0945. The van der Waals surface area contributed by atoms with E-state index in [2.05, 4.69) is 15.6 Å². The quantitative estimate of drug-likeness (QED) is 0.717. The van der Waals surface area contributed by atoms with Crippen molar-refractivity contribution in [2.24, 2.45) is 0 Å². The molecule has 26 heavy (non-hydrogen) atoms.